The molecule has 0 bridgehead atoms. The lowest BCUT2D eigenvalue weighted by atomic mass is 10.4. The molecule has 1 fully saturated rings. The molecule has 9 heteroatoms. The molecule has 1 N–H and O–H groups in total. The summed E-state index contributed by atoms with van der Waals surface area (Å²) in [7, 11) is 0. The van der Waals surface area contributed by atoms with Crippen LogP contribution in [0.3, 0.4) is 0 Å². The number of hydrazine groups is 1. The number of rotatable bonds is 3. The number of halogens is 3. The summed E-state index contributed by atoms with van der Waals surface area (Å²) < 4.78 is 41.7. The third kappa shape index (κ3) is 3.10. The average molecular weight is 281 g/mol. The fourth-order valence-electron chi connectivity index (χ4n) is 1.39. The summed E-state index contributed by atoms with van der Waals surface area (Å²) in [5, 5.41) is 1.65. The third-order valence-corrected chi connectivity index (χ3v) is 3.15. The minimum Gasteiger partial charge on any atom is -0.448 e. The van der Waals surface area contributed by atoms with Crippen LogP contribution in [0.25, 0.3) is 0 Å². The minimum atomic E-state index is -4.42. The second-order valence-electron chi connectivity index (χ2n) is 3.60. The summed E-state index contributed by atoms with van der Waals surface area (Å²) in [4.78, 5) is 14.7. The van der Waals surface area contributed by atoms with Gasteiger partial charge < -0.3 is 4.74 Å². The molecule has 2 heterocycles. The highest BCUT2D eigenvalue weighted by Gasteiger charge is 2.34. The van der Waals surface area contributed by atoms with Crippen LogP contribution in [0.4, 0.5) is 18.0 Å². The van der Waals surface area contributed by atoms with E-state index in [1.807, 2.05) is 0 Å². The van der Waals surface area contributed by atoms with Crippen molar-refractivity contribution in [1.82, 2.24) is 15.4 Å². The monoisotopic (exact) mass is 281 g/mol. The Bertz CT molecular complexity index is 435. The van der Waals surface area contributed by atoms with Gasteiger partial charge >= 0.3 is 12.3 Å². The third-order valence-electron chi connectivity index (χ3n) is 2.22. The van der Waals surface area contributed by atoms with Crippen molar-refractivity contribution in [2.75, 3.05) is 13.2 Å². The summed E-state index contributed by atoms with van der Waals surface area (Å²) in [5.41, 5.74) is 2.93. The summed E-state index contributed by atoms with van der Waals surface area (Å²) in [6, 6.07) is 0. The standard InChI is InChI=1S/C9H10F3N3O2S/c10-9(11,12)7-14-6(5-18-7)4-13-15-2-1-3-17-8(15)16/h5,13H,1-4H2. The van der Waals surface area contributed by atoms with Crippen molar-refractivity contribution in [2.45, 2.75) is 19.1 Å². The molecule has 1 aromatic rings. The molecule has 100 valence electrons. The van der Waals surface area contributed by atoms with Gasteiger partial charge in [0.2, 0.25) is 0 Å². The van der Waals surface area contributed by atoms with E-state index in [1.54, 1.807) is 0 Å². The summed E-state index contributed by atoms with van der Waals surface area (Å²) in [5.74, 6) is 0. The fourth-order valence-corrected chi connectivity index (χ4v) is 2.08. The van der Waals surface area contributed by atoms with E-state index in [9.17, 15) is 18.0 Å². The number of nitrogens with zero attached hydrogens (tertiary/aromatic N) is 2. The lowest BCUT2D eigenvalue weighted by Gasteiger charge is -2.26. The zero-order chi connectivity index (χ0) is 13.2. The maximum atomic E-state index is 12.3. The van der Waals surface area contributed by atoms with Crippen LogP contribution in [-0.4, -0.2) is 29.2 Å². The van der Waals surface area contributed by atoms with Crippen molar-refractivity contribution in [3.63, 3.8) is 0 Å². The molecule has 5 nitrogen and oxygen atoms in total. The predicted octanol–water partition coefficient (Wildman–Crippen LogP) is 2.01. The highest BCUT2D eigenvalue weighted by atomic mass is 32.1. The van der Waals surface area contributed by atoms with E-state index < -0.39 is 17.3 Å². The van der Waals surface area contributed by atoms with Gasteiger partial charge in [-0.1, -0.05) is 0 Å². The first-order chi connectivity index (χ1) is 8.47. The minimum absolute atomic E-state index is 0.0572. The predicted molar refractivity (Wildman–Crippen MR) is 56.6 cm³/mol. The Morgan fingerprint density at radius 2 is 2.33 bits per heavy atom. The number of carbonyl (C=O) groups is 1. The number of amides is 1. The number of cyclic esters (lactones) is 1. The second-order valence-corrected chi connectivity index (χ2v) is 4.45. The summed E-state index contributed by atoms with van der Waals surface area (Å²) >= 11 is 0.533. The maximum absolute atomic E-state index is 12.3. The first kappa shape index (κ1) is 13.1. The maximum Gasteiger partial charge on any atom is 0.443 e. The molecule has 1 aliphatic heterocycles. The zero-order valence-electron chi connectivity index (χ0n) is 9.16. The molecule has 0 radical (unpaired) electrons. The van der Waals surface area contributed by atoms with E-state index in [0.717, 1.165) is 0 Å². The van der Waals surface area contributed by atoms with Crippen LogP contribution in [-0.2, 0) is 17.5 Å². The van der Waals surface area contributed by atoms with E-state index in [4.69, 9.17) is 4.74 Å². The SMILES string of the molecule is O=C1OCCCN1NCc1csc(C(F)(F)F)n1. The summed E-state index contributed by atoms with van der Waals surface area (Å²) in [6.07, 6.45) is -4.26. The number of aromatic nitrogens is 1. The highest BCUT2D eigenvalue weighted by Crippen LogP contribution is 2.31. The Balaban J connectivity index is 1.90. The molecule has 1 aliphatic rings. The molecule has 1 saturated heterocycles. The number of ether oxygens (including phenoxy) is 1. The van der Waals surface area contributed by atoms with E-state index in [-0.39, 0.29) is 12.2 Å². The van der Waals surface area contributed by atoms with E-state index >= 15 is 0 Å². The lowest BCUT2D eigenvalue weighted by Crippen LogP contribution is -2.46. The largest absolute Gasteiger partial charge is 0.448 e. The van der Waals surface area contributed by atoms with Crippen LogP contribution in [0.15, 0.2) is 5.38 Å². The van der Waals surface area contributed by atoms with Gasteiger partial charge in [0.15, 0.2) is 5.01 Å². The smallest absolute Gasteiger partial charge is 0.443 e. The van der Waals surface area contributed by atoms with E-state index in [0.29, 0.717) is 30.9 Å². The van der Waals surface area contributed by atoms with Gasteiger partial charge in [-0.3, -0.25) is 0 Å². The second kappa shape index (κ2) is 5.11. The molecular weight excluding hydrogens is 271 g/mol. The molecule has 18 heavy (non-hydrogen) atoms. The van der Waals surface area contributed by atoms with Crippen LogP contribution in [0.2, 0.25) is 0 Å². The molecule has 0 aromatic carbocycles. The van der Waals surface area contributed by atoms with Crippen molar-refractivity contribution < 1.29 is 22.7 Å². The Labute approximate surface area is 105 Å². The molecule has 1 amide bonds. The Morgan fingerprint density at radius 1 is 1.56 bits per heavy atom. The normalized spacial score (nSPS) is 16.8. The number of nitrogens with one attached hydrogen (secondary N) is 1. The van der Waals surface area contributed by atoms with Crippen molar-refractivity contribution in [2.24, 2.45) is 0 Å². The number of hydrogen-bond donors (Lipinski definition) is 1. The molecule has 0 atom stereocenters. The quantitative estimate of drug-likeness (QED) is 0.920. The highest BCUT2D eigenvalue weighted by molar-refractivity contribution is 7.09. The molecule has 2 rings (SSSR count). The van der Waals surface area contributed by atoms with Gasteiger partial charge in [0.1, 0.15) is 0 Å². The first-order valence-corrected chi connectivity index (χ1v) is 6.04. The van der Waals surface area contributed by atoms with Crippen molar-refractivity contribution >= 4 is 17.4 Å². The number of hydrogen-bond acceptors (Lipinski definition) is 5. The topological polar surface area (TPSA) is 54.5 Å². The van der Waals surface area contributed by atoms with Crippen LogP contribution in [0.1, 0.15) is 17.1 Å². The van der Waals surface area contributed by atoms with Gasteiger partial charge in [0.05, 0.1) is 18.8 Å². The average Bonchev–Trinajstić information content (AvgIpc) is 2.76. The van der Waals surface area contributed by atoms with E-state index in [2.05, 4.69) is 10.4 Å². The number of thiazole rings is 1. The number of carbonyl (C=O) groups excluding carboxylic acids is 1. The van der Waals surface area contributed by atoms with Crippen molar-refractivity contribution in [1.29, 1.82) is 0 Å². The van der Waals surface area contributed by atoms with Gasteiger partial charge in [0.25, 0.3) is 0 Å². The van der Waals surface area contributed by atoms with Gasteiger partial charge in [-0.2, -0.15) is 13.2 Å². The van der Waals surface area contributed by atoms with Crippen LogP contribution in [0.5, 0.6) is 0 Å². The van der Waals surface area contributed by atoms with Crippen LogP contribution >= 0.6 is 11.3 Å². The molecule has 0 aliphatic carbocycles. The first-order valence-electron chi connectivity index (χ1n) is 5.16. The van der Waals surface area contributed by atoms with Crippen molar-refractivity contribution in [3.05, 3.63) is 16.1 Å². The molecule has 0 unspecified atom stereocenters. The molecule has 0 spiro atoms. The molecular formula is C9H10F3N3O2S. The molecule has 0 saturated carbocycles. The lowest BCUT2D eigenvalue weighted by molar-refractivity contribution is -0.137. The van der Waals surface area contributed by atoms with Crippen LogP contribution < -0.4 is 5.43 Å². The van der Waals surface area contributed by atoms with E-state index in [1.165, 1.54) is 10.4 Å². The Hall–Kier alpha value is -1.35. The summed E-state index contributed by atoms with van der Waals surface area (Å²) in [6.45, 7) is 0.892. The van der Waals surface area contributed by atoms with Crippen LogP contribution in [0, 0.1) is 0 Å². The number of alkyl halides is 3. The molecule has 1 aromatic heterocycles. The van der Waals surface area contributed by atoms with Gasteiger partial charge in [0, 0.05) is 18.3 Å². The van der Waals surface area contributed by atoms with Gasteiger partial charge in [-0.15, -0.1) is 11.3 Å². The van der Waals surface area contributed by atoms with Gasteiger partial charge in [-0.25, -0.2) is 20.2 Å². The Kier molecular flexibility index (Phi) is 3.71. The Morgan fingerprint density at radius 3 is 2.94 bits per heavy atom. The van der Waals surface area contributed by atoms with Gasteiger partial charge in [-0.05, 0) is 0 Å². The zero-order valence-corrected chi connectivity index (χ0v) is 9.98. The van der Waals surface area contributed by atoms with Crippen molar-refractivity contribution in [3.8, 4) is 0 Å². The fraction of sp³-hybridized carbons (Fsp3) is 0.556.